The highest BCUT2D eigenvalue weighted by atomic mass is 16.4. The van der Waals surface area contributed by atoms with Crippen molar-refractivity contribution in [3.63, 3.8) is 0 Å². The van der Waals surface area contributed by atoms with E-state index in [1.54, 1.807) is 0 Å². The molecule has 184 valence electrons. The Kier molecular flexibility index (Phi) is 7.04. The second-order valence-electron chi connectivity index (χ2n) is 9.91. The van der Waals surface area contributed by atoms with E-state index in [4.69, 9.17) is 10.2 Å². The van der Waals surface area contributed by atoms with Crippen LogP contribution in [0.2, 0.25) is 0 Å². The molecule has 4 heteroatoms. The van der Waals surface area contributed by atoms with Crippen LogP contribution in [0.5, 0.6) is 0 Å². The van der Waals surface area contributed by atoms with Crippen LogP contribution < -0.4 is 0 Å². The van der Waals surface area contributed by atoms with E-state index in [1.807, 2.05) is 0 Å². The standard InChI is InChI=1S/C32H32O4/c33-29(34)15-5-1-3-9-21-17-19-27-26-14-8-12-24-22(10-4-2-6-16-30(35)36)18-20-28(32(24)26)25-13-7-11-23(21)31(25)27/h7-8,11-14,17-20H,1-6,9-10,15-16H2,(H,33,34)(H,35,36). The average molecular weight is 481 g/mol. The van der Waals surface area contributed by atoms with Crippen molar-refractivity contribution < 1.29 is 19.8 Å². The van der Waals surface area contributed by atoms with Crippen molar-refractivity contribution in [2.45, 2.75) is 64.2 Å². The van der Waals surface area contributed by atoms with Gasteiger partial charge in [-0.25, -0.2) is 0 Å². The molecule has 2 N–H and O–H groups in total. The summed E-state index contributed by atoms with van der Waals surface area (Å²) in [6.07, 6.45) is 7.70. The lowest BCUT2D eigenvalue weighted by Crippen LogP contribution is -1.96. The van der Waals surface area contributed by atoms with Crippen molar-refractivity contribution >= 4 is 55.0 Å². The zero-order chi connectivity index (χ0) is 25.1. The highest BCUT2D eigenvalue weighted by Crippen LogP contribution is 2.42. The Hall–Kier alpha value is -3.66. The zero-order valence-corrected chi connectivity index (χ0v) is 20.6. The predicted molar refractivity (Wildman–Crippen MR) is 147 cm³/mol. The van der Waals surface area contributed by atoms with Crippen LogP contribution in [0.15, 0.2) is 60.7 Å². The number of rotatable bonds is 12. The molecule has 0 heterocycles. The summed E-state index contributed by atoms with van der Waals surface area (Å²) in [6.45, 7) is 0. The van der Waals surface area contributed by atoms with Crippen molar-refractivity contribution in [2.75, 3.05) is 0 Å². The Morgan fingerprint density at radius 3 is 1.28 bits per heavy atom. The maximum Gasteiger partial charge on any atom is 0.303 e. The normalized spacial score (nSPS) is 11.8. The van der Waals surface area contributed by atoms with E-state index in [1.165, 1.54) is 54.2 Å². The fourth-order valence-electron chi connectivity index (χ4n) is 5.80. The number of aliphatic carboxylic acids is 2. The first kappa shape index (κ1) is 24.1. The van der Waals surface area contributed by atoms with Crippen LogP contribution in [0.4, 0.5) is 0 Å². The first-order valence-corrected chi connectivity index (χ1v) is 13.1. The molecule has 0 aliphatic heterocycles. The SMILES string of the molecule is O=C(O)CCCCCc1ccc2c3cccc4c(CCCCCC(=O)O)ccc(c5cccc1c52)c43. The molecule has 0 saturated carbocycles. The van der Waals surface area contributed by atoms with Crippen LogP contribution in [-0.4, -0.2) is 22.2 Å². The van der Waals surface area contributed by atoms with Crippen molar-refractivity contribution in [3.8, 4) is 0 Å². The lowest BCUT2D eigenvalue weighted by Gasteiger charge is -2.18. The minimum Gasteiger partial charge on any atom is -0.481 e. The quantitative estimate of drug-likeness (QED) is 0.107. The van der Waals surface area contributed by atoms with Gasteiger partial charge in [0, 0.05) is 12.8 Å². The van der Waals surface area contributed by atoms with Crippen LogP contribution >= 0.6 is 0 Å². The molecule has 0 atom stereocenters. The third-order valence-electron chi connectivity index (χ3n) is 7.52. The maximum absolute atomic E-state index is 10.8. The van der Waals surface area contributed by atoms with Gasteiger partial charge < -0.3 is 10.2 Å². The molecule has 0 aromatic heterocycles. The van der Waals surface area contributed by atoms with E-state index in [0.717, 1.165) is 51.4 Å². The first-order valence-electron chi connectivity index (χ1n) is 13.1. The van der Waals surface area contributed by atoms with Crippen LogP contribution in [-0.2, 0) is 22.4 Å². The van der Waals surface area contributed by atoms with Gasteiger partial charge in [-0.2, -0.15) is 0 Å². The second-order valence-corrected chi connectivity index (χ2v) is 9.91. The zero-order valence-electron chi connectivity index (χ0n) is 20.6. The van der Waals surface area contributed by atoms with Crippen molar-refractivity contribution in [1.82, 2.24) is 0 Å². The highest BCUT2D eigenvalue weighted by Gasteiger charge is 2.16. The Bertz CT molecular complexity index is 1410. The Morgan fingerprint density at radius 2 is 0.861 bits per heavy atom. The number of hydrogen-bond acceptors (Lipinski definition) is 2. The molecule has 5 aromatic rings. The molecule has 4 nitrogen and oxygen atoms in total. The summed E-state index contributed by atoms with van der Waals surface area (Å²) in [5, 5.41) is 28.2. The Labute approximate surface area is 210 Å². The number of hydrogen-bond donors (Lipinski definition) is 2. The molecule has 0 saturated heterocycles. The number of unbranched alkanes of at least 4 members (excludes halogenated alkanes) is 4. The molecule has 5 aromatic carbocycles. The lowest BCUT2D eigenvalue weighted by atomic mass is 9.86. The van der Waals surface area contributed by atoms with Crippen LogP contribution in [0.1, 0.15) is 62.5 Å². The second kappa shape index (κ2) is 10.5. The molecule has 0 amide bonds. The van der Waals surface area contributed by atoms with E-state index < -0.39 is 11.9 Å². The van der Waals surface area contributed by atoms with Gasteiger partial charge >= 0.3 is 11.9 Å². The predicted octanol–water partition coefficient (Wildman–Crippen LogP) is 8.11. The summed E-state index contributed by atoms with van der Waals surface area (Å²) in [4.78, 5) is 21.6. The van der Waals surface area contributed by atoms with Crippen molar-refractivity contribution in [2.24, 2.45) is 0 Å². The summed E-state index contributed by atoms with van der Waals surface area (Å²) in [7, 11) is 0. The molecule has 0 aliphatic rings. The number of carboxylic acid groups (broad SMARTS) is 2. The van der Waals surface area contributed by atoms with Gasteiger partial charge in [-0.05, 0) is 92.7 Å². The molecule has 0 spiro atoms. The number of benzene rings is 5. The molecular formula is C32H32O4. The number of aryl methyl sites for hydroxylation is 2. The molecule has 0 fully saturated rings. The van der Waals surface area contributed by atoms with E-state index >= 15 is 0 Å². The topological polar surface area (TPSA) is 74.6 Å². The molecule has 0 radical (unpaired) electrons. The fraction of sp³-hybridized carbons (Fsp3) is 0.312. The van der Waals surface area contributed by atoms with Gasteiger partial charge in [0.2, 0.25) is 0 Å². The highest BCUT2D eigenvalue weighted by molar-refractivity contribution is 6.33. The van der Waals surface area contributed by atoms with Crippen LogP contribution in [0.3, 0.4) is 0 Å². The van der Waals surface area contributed by atoms with Gasteiger partial charge in [0.25, 0.3) is 0 Å². The van der Waals surface area contributed by atoms with E-state index in [0.29, 0.717) is 0 Å². The summed E-state index contributed by atoms with van der Waals surface area (Å²) in [5.74, 6) is -1.43. The third kappa shape index (κ3) is 4.73. The third-order valence-corrected chi connectivity index (χ3v) is 7.52. The van der Waals surface area contributed by atoms with Gasteiger partial charge in [0.05, 0.1) is 0 Å². The smallest absolute Gasteiger partial charge is 0.303 e. The summed E-state index contributed by atoms with van der Waals surface area (Å²) in [6, 6.07) is 22.3. The van der Waals surface area contributed by atoms with Crippen molar-refractivity contribution in [1.29, 1.82) is 0 Å². The number of carboxylic acids is 2. The van der Waals surface area contributed by atoms with Crippen molar-refractivity contribution in [3.05, 3.63) is 71.8 Å². The molecule has 36 heavy (non-hydrogen) atoms. The average Bonchev–Trinajstić information content (AvgIpc) is 2.87. The fourth-order valence-corrected chi connectivity index (χ4v) is 5.80. The Balaban J connectivity index is 1.51. The molecule has 0 aliphatic carbocycles. The largest absolute Gasteiger partial charge is 0.481 e. The summed E-state index contributed by atoms with van der Waals surface area (Å²) >= 11 is 0. The minimum atomic E-state index is -0.717. The monoisotopic (exact) mass is 480 g/mol. The van der Waals surface area contributed by atoms with E-state index in [-0.39, 0.29) is 12.8 Å². The number of carbonyl (C=O) groups is 2. The van der Waals surface area contributed by atoms with Gasteiger partial charge in [0.1, 0.15) is 0 Å². The first-order chi connectivity index (χ1) is 17.5. The Morgan fingerprint density at radius 1 is 0.472 bits per heavy atom. The molecule has 5 rings (SSSR count). The summed E-state index contributed by atoms with van der Waals surface area (Å²) in [5.41, 5.74) is 2.67. The van der Waals surface area contributed by atoms with Gasteiger partial charge in [-0.15, -0.1) is 0 Å². The van der Waals surface area contributed by atoms with Gasteiger partial charge in [-0.1, -0.05) is 73.5 Å². The lowest BCUT2D eigenvalue weighted by molar-refractivity contribution is -0.138. The van der Waals surface area contributed by atoms with E-state index in [9.17, 15) is 9.59 Å². The van der Waals surface area contributed by atoms with Gasteiger partial charge in [0.15, 0.2) is 0 Å². The van der Waals surface area contributed by atoms with Gasteiger partial charge in [-0.3, -0.25) is 9.59 Å². The minimum absolute atomic E-state index is 0.245. The van der Waals surface area contributed by atoms with Crippen LogP contribution in [0.25, 0.3) is 43.1 Å². The maximum atomic E-state index is 10.8. The molecule has 0 bridgehead atoms. The van der Waals surface area contributed by atoms with Crippen LogP contribution in [0, 0.1) is 0 Å². The molecule has 0 unspecified atom stereocenters. The summed E-state index contributed by atoms with van der Waals surface area (Å²) < 4.78 is 0. The van der Waals surface area contributed by atoms with E-state index in [2.05, 4.69) is 60.7 Å². The number of fused-ring (bicyclic) bond motifs is 2. The molecular weight excluding hydrogens is 448 g/mol.